The average Bonchev–Trinajstić information content (AvgIpc) is 2.89. The monoisotopic (exact) mass is 233 g/mol. The number of hydrogen-bond acceptors (Lipinski definition) is 3. The van der Waals surface area contributed by atoms with Crippen LogP contribution in [0.2, 0.25) is 0 Å². The first kappa shape index (κ1) is 12.0. The molecule has 1 aromatic rings. The summed E-state index contributed by atoms with van der Waals surface area (Å²) in [6.45, 7) is 0.420. The first-order valence-corrected chi connectivity index (χ1v) is 6.17. The minimum atomic E-state index is 0.100. The van der Waals surface area contributed by atoms with Crippen LogP contribution in [0.25, 0.3) is 0 Å². The van der Waals surface area contributed by atoms with Crippen LogP contribution in [0.3, 0.4) is 0 Å². The van der Waals surface area contributed by atoms with Gasteiger partial charge in [0, 0.05) is 31.2 Å². The Morgan fingerprint density at radius 3 is 2.71 bits per heavy atom. The molecule has 1 N–H and O–H groups in total. The molecule has 1 saturated carbocycles. The lowest BCUT2D eigenvalue weighted by molar-refractivity contribution is -0.117. The molecule has 92 valence electrons. The van der Waals surface area contributed by atoms with Crippen molar-refractivity contribution in [2.75, 3.05) is 18.5 Å². The van der Waals surface area contributed by atoms with Crippen LogP contribution in [0, 0.1) is 0 Å². The zero-order valence-corrected chi connectivity index (χ0v) is 10.2. The number of pyridine rings is 1. The Morgan fingerprint density at radius 1 is 1.41 bits per heavy atom. The van der Waals surface area contributed by atoms with E-state index in [-0.39, 0.29) is 5.91 Å². The molecule has 4 heteroatoms. The van der Waals surface area contributed by atoms with Crippen molar-refractivity contribution in [1.29, 1.82) is 0 Å². The van der Waals surface area contributed by atoms with E-state index in [1.54, 1.807) is 24.3 Å². The van der Waals surface area contributed by atoms with Gasteiger partial charge in [0.05, 0.1) is 6.54 Å². The first-order valence-electron chi connectivity index (χ1n) is 6.17. The van der Waals surface area contributed by atoms with Gasteiger partial charge in [-0.05, 0) is 25.0 Å². The summed E-state index contributed by atoms with van der Waals surface area (Å²) >= 11 is 0. The molecule has 4 nitrogen and oxygen atoms in total. The molecule has 0 bridgehead atoms. The maximum Gasteiger partial charge on any atom is 0.240 e. The zero-order valence-electron chi connectivity index (χ0n) is 10.2. The highest BCUT2D eigenvalue weighted by Gasteiger charge is 2.17. The molecule has 2 rings (SSSR count). The Hall–Kier alpha value is -1.42. The predicted octanol–water partition coefficient (Wildman–Crippen LogP) is 1.58. The van der Waals surface area contributed by atoms with Gasteiger partial charge >= 0.3 is 0 Å². The highest BCUT2D eigenvalue weighted by Crippen LogP contribution is 2.17. The van der Waals surface area contributed by atoms with Crippen molar-refractivity contribution in [1.82, 2.24) is 10.3 Å². The van der Waals surface area contributed by atoms with Crippen molar-refractivity contribution in [3.8, 4) is 0 Å². The van der Waals surface area contributed by atoms with E-state index in [0.29, 0.717) is 12.6 Å². The second-order valence-corrected chi connectivity index (χ2v) is 4.52. The summed E-state index contributed by atoms with van der Waals surface area (Å²) in [5.41, 5.74) is 0.887. The average molecular weight is 233 g/mol. The molecule has 1 heterocycles. The quantitative estimate of drug-likeness (QED) is 0.858. The molecule has 0 aliphatic heterocycles. The summed E-state index contributed by atoms with van der Waals surface area (Å²) in [5.74, 6) is 0.100. The molecule has 0 atom stereocenters. The van der Waals surface area contributed by atoms with Gasteiger partial charge in [-0.1, -0.05) is 12.8 Å². The van der Waals surface area contributed by atoms with Crippen molar-refractivity contribution < 1.29 is 4.79 Å². The molecule has 0 radical (unpaired) electrons. The zero-order chi connectivity index (χ0) is 12.1. The second-order valence-electron chi connectivity index (χ2n) is 4.52. The third kappa shape index (κ3) is 3.27. The number of rotatable bonds is 4. The fourth-order valence-electron chi connectivity index (χ4n) is 2.19. The summed E-state index contributed by atoms with van der Waals surface area (Å²) in [7, 11) is 1.80. The van der Waals surface area contributed by atoms with Crippen molar-refractivity contribution in [2.24, 2.45) is 0 Å². The molecule has 0 spiro atoms. The van der Waals surface area contributed by atoms with Crippen LogP contribution >= 0.6 is 0 Å². The number of nitrogens with zero attached hydrogens (tertiary/aromatic N) is 2. The number of likely N-dealkylation sites (N-methyl/N-ethyl adjacent to an activating group) is 1. The Balaban J connectivity index is 1.83. The second kappa shape index (κ2) is 5.77. The fourth-order valence-corrected chi connectivity index (χ4v) is 2.19. The molecule has 1 aliphatic rings. The SMILES string of the molecule is CN(C(=O)CNC1CCCC1)c1ccncc1. The van der Waals surface area contributed by atoms with Crippen LogP contribution in [-0.2, 0) is 4.79 Å². The van der Waals surface area contributed by atoms with Crippen LogP contribution < -0.4 is 10.2 Å². The molecule has 0 unspecified atom stereocenters. The van der Waals surface area contributed by atoms with Crippen LogP contribution in [0.15, 0.2) is 24.5 Å². The molecule has 0 aromatic carbocycles. The number of aromatic nitrogens is 1. The van der Waals surface area contributed by atoms with Gasteiger partial charge in [-0.25, -0.2) is 0 Å². The normalized spacial score (nSPS) is 16.1. The van der Waals surface area contributed by atoms with E-state index in [4.69, 9.17) is 0 Å². The maximum atomic E-state index is 11.9. The summed E-state index contributed by atoms with van der Waals surface area (Å²) in [6, 6.07) is 4.21. The van der Waals surface area contributed by atoms with Crippen molar-refractivity contribution in [3.63, 3.8) is 0 Å². The minimum absolute atomic E-state index is 0.100. The van der Waals surface area contributed by atoms with Gasteiger partial charge in [-0.15, -0.1) is 0 Å². The van der Waals surface area contributed by atoms with Crippen LogP contribution in [-0.4, -0.2) is 30.5 Å². The third-order valence-electron chi connectivity index (χ3n) is 3.32. The largest absolute Gasteiger partial charge is 0.314 e. The highest BCUT2D eigenvalue weighted by atomic mass is 16.2. The Bertz CT molecular complexity index is 360. The molecule has 1 fully saturated rings. The fraction of sp³-hybridized carbons (Fsp3) is 0.538. The molecule has 1 amide bonds. The lowest BCUT2D eigenvalue weighted by Crippen LogP contribution is -2.39. The van der Waals surface area contributed by atoms with E-state index in [0.717, 1.165) is 5.69 Å². The maximum absolute atomic E-state index is 11.9. The van der Waals surface area contributed by atoms with Crippen molar-refractivity contribution in [3.05, 3.63) is 24.5 Å². The van der Waals surface area contributed by atoms with E-state index >= 15 is 0 Å². The Morgan fingerprint density at radius 2 is 2.06 bits per heavy atom. The number of carbonyl (C=O) groups is 1. The van der Waals surface area contributed by atoms with Crippen LogP contribution in [0.5, 0.6) is 0 Å². The lowest BCUT2D eigenvalue weighted by Gasteiger charge is -2.19. The molecular formula is C13H19N3O. The Labute approximate surface area is 102 Å². The van der Waals surface area contributed by atoms with Gasteiger partial charge < -0.3 is 10.2 Å². The number of amides is 1. The molecule has 1 aliphatic carbocycles. The molecular weight excluding hydrogens is 214 g/mol. The van der Waals surface area contributed by atoms with Gasteiger partial charge in [-0.2, -0.15) is 0 Å². The number of nitrogens with one attached hydrogen (secondary N) is 1. The van der Waals surface area contributed by atoms with E-state index in [1.165, 1.54) is 25.7 Å². The Kier molecular flexibility index (Phi) is 4.09. The smallest absolute Gasteiger partial charge is 0.240 e. The van der Waals surface area contributed by atoms with E-state index in [2.05, 4.69) is 10.3 Å². The van der Waals surface area contributed by atoms with Gasteiger partial charge in [0.15, 0.2) is 0 Å². The highest BCUT2D eigenvalue weighted by molar-refractivity contribution is 5.94. The summed E-state index contributed by atoms with van der Waals surface area (Å²) in [6.07, 6.45) is 8.36. The van der Waals surface area contributed by atoms with Gasteiger partial charge in [0.25, 0.3) is 0 Å². The van der Waals surface area contributed by atoms with Crippen LogP contribution in [0.1, 0.15) is 25.7 Å². The number of hydrogen-bond donors (Lipinski definition) is 1. The molecule has 17 heavy (non-hydrogen) atoms. The third-order valence-corrected chi connectivity index (χ3v) is 3.32. The predicted molar refractivity (Wildman–Crippen MR) is 67.9 cm³/mol. The van der Waals surface area contributed by atoms with E-state index < -0.39 is 0 Å². The molecule has 1 aromatic heterocycles. The van der Waals surface area contributed by atoms with Crippen molar-refractivity contribution in [2.45, 2.75) is 31.7 Å². The lowest BCUT2D eigenvalue weighted by atomic mass is 10.2. The van der Waals surface area contributed by atoms with E-state index in [1.807, 2.05) is 12.1 Å². The van der Waals surface area contributed by atoms with Gasteiger partial charge in [0.1, 0.15) is 0 Å². The topological polar surface area (TPSA) is 45.2 Å². The number of carbonyl (C=O) groups excluding carboxylic acids is 1. The van der Waals surface area contributed by atoms with Crippen LogP contribution in [0.4, 0.5) is 5.69 Å². The summed E-state index contributed by atoms with van der Waals surface area (Å²) in [5, 5.41) is 3.33. The number of anilines is 1. The van der Waals surface area contributed by atoms with Gasteiger partial charge in [0.2, 0.25) is 5.91 Å². The minimum Gasteiger partial charge on any atom is -0.314 e. The van der Waals surface area contributed by atoms with E-state index in [9.17, 15) is 4.79 Å². The molecule has 0 saturated heterocycles. The van der Waals surface area contributed by atoms with Crippen molar-refractivity contribution >= 4 is 11.6 Å². The summed E-state index contributed by atoms with van der Waals surface area (Å²) in [4.78, 5) is 17.6. The standard InChI is InChI=1S/C13H19N3O/c1-16(12-6-8-14-9-7-12)13(17)10-15-11-4-2-3-5-11/h6-9,11,15H,2-5,10H2,1H3. The van der Waals surface area contributed by atoms with Gasteiger partial charge in [-0.3, -0.25) is 9.78 Å². The first-order chi connectivity index (χ1) is 8.27. The summed E-state index contributed by atoms with van der Waals surface area (Å²) < 4.78 is 0.